The number of hydrogen-bond donors (Lipinski definition) is 1. The molecule has 0 radical (unpaired) electrons. The van der Waals surface area contributed by atoms with E-state index in [4.69, 9.17) is 10.7 Å². The van der Waals surface area contributed by atoms with Crippen molar-refractivity contribution in [3.8, 4) is 0 Å². The number of nitrogens with two attached hydrogens (primary N) is 1. The lowest BCUT2D eigenvalue weighted by Crippen LogP contribution is -2.41. The van der Waals surface area contributed by atoms with Crippen molar-refractivity contribution in [1.82, 2.24) is 4.98 Å². The van der Waals surface area contributed by atoms with Crippen LogP contribution in [0.5, 0.6) is 0 Å². The Balaban J connectivity index is 1.79. The van der Waals surface area contributed by atoms with Gasteiger partial charge in [-0.1, -0.05) is 26.7 Å². The molecule has 2 nitrogen and oxygen atoms in total. The van der Waals surface area contributed by atoms with E-state index < -0.39 is 0 Å². The van der Waals surface area contributed by atoms with E-state index in [1.54, 1.807) is 11.3 Å². The van der Waals surface area contributed by atoms with Crippen LogP contribution in [0.3, 0.4) is 0 Å². The highest BCUT2D eigenvalue weighted by Gasteiger charge is 2.42. The van der Waals surface area contributed by atoms with Crippen molar-refractivity contribution < 1.29 is 0 Å². The number of rotatable bonds is 3. The predicted octanol–water partition coefficient (Wildman–Crippen LogP) is 4.02. The van der Waals surface area contributed by atoms with Crippen molar-refractivity contribution in [2.45, 2.75) is 63.8 Å². The molecule has 2 fully saturated rings. The Morgan fingerprint density at radius 3 is 2.72 bits per heavy atom. The molecule has 2 aliphatic rings. The third-order valence-corrected chi connectivity index (χ3v) is 5.73. The topological polar surface area (TPSA) is 38.9 Å². The molecule has 0 aliphatic heterocycles. The van der Waals surface area contributed by atoms with Crippen molar-refractivity contribution >= 4 is 11.3 Å². The van der Waals surface area contributed by atoms with Gasteiger partial charge in [-0.15, -0.1) is 11.3 Å². The largest absolute Gasteiger partial charge is 0.319 e. The van der Waals surface area contributed by atoms with Crippen molar-refractivity contribution in [2.24, 2.45) is 17.6 Å². The third kappa shape index (κ3) is 2.35. The van der Waals surface area contributed by atoms with E-state index in [2.05, 4.69) is 19.2 Å². The van der Waals surface area contributed by atoms with Gasteiger partial charge < -0.3 is 5.73 Å². The molecule has 0 aromatic carbocycles. The molecule has 2 saturated carbocycles. The first kappa shape index (κ1) is 12.6. The van der Waals surface area contributed by atoms with Gasteiger partial charge >= 0.3 is 0 Å². The van der Waals surface area contributed by atoms with Gasteiger partial charge in [-0.2, -0.15) is 0 Å². The monoisotopic (exact) mass is 264 g/mol. The van der Waals surface area contributed by atoms with Gasteiger partial charge in [-0.3, -0.25) is 0 Å². The maximum absolute atomic E-state index is 6.70. The SMILES string of the molecule is CC(C)c1csc(C2(N)CCCC(C3CC3)C2)n1. The van der Waals surface area contributed by atoms with Gasteiger partial charge in [0.05, 0.1) is 11.2 Å². The summed E-state index contributed by atoms with van der Waals surface area (Å²) in [6.45, 7) is 4.41. The minimum atomic E-state index is -0.122. The molecule has 2 aliphatic carbocycles. The zero-order valence-electron chi connectivity index (χ0n) is 11.5. The lowest BCUT2D eigenvalue weighted by atomic mass is 9.74. The molecule has 1 aromatic rings. The summed E-state index contributed by atoms with van der Waals surface area (Å²) >= 11 is 1.78. The van der Waals surface area contributed by atoms with Crippen molar-refractivity contribution in [1.29, 1.82) is 0 Å². The van der Waals surface area contributed by atoms with Crippen LogP contribution in [0.15, 0.2) is 5.38 Å². The highest BCUT2D eigenvalue weighted by molar-refractivity contribution is 7.09. The van der Waals surface area contributed by atoms with E-state index >= 15 is 0 Å². The Morgan fingerprint density at radius 2 is 2.11 bits per heavy atom. The second-order valence-electron chi connectivity index (χ2n) is 6.58. The van der Waals surface area contributed by atoms with E-state index in [0.29, 0.717) is 5.92 Å². The van der Waals surface area contributed by atoms with Crippen molar-refractivity contribution in [3.63, 3.8) is 0 Å². The molecule has 2 unspecified atom stereocenters. The molecular weight excluding hydrogens is 240 g/mol. The van der Waals surface area contributed by atoms with Crippen molar-refractivity contribution in [2.75, 3.05) is 0 Å². The van der Waals surface area contributed by atoms with Gasteiger partial charge in [0.1, 0.15) is 5.01 Å². The quantitative estimate of drug-likeness (QED) is 0.895. The number of aromatic nitrogens is 1. The summed E-state index contributed by atoms with van der Waals surface area (Å²) in [5.41, 5.74) is 7.79. The Morgan fingerprint density at radius 1 is 1.33 bits per heavy atom. The molecule has 0 amide bonds. The lowest BCUT2D eigenvalue weighted by Gasteiger charge is -2.36. The Kier molecular flexibility index (Phi) is 3.23. The van der Waals surface area contributed by atoms with Crippen LogP contribution in [-0.2, 0) is 5.54 Å². The minimum absolute atomic E-state index is 0.122. The summed E-state index contributed by atoms with van der Waals surface area (Å²) in [4.78, 5) is 4.81. The molecule has 0 saturated heterocycles. The molecule has 0 spiro atoms. The fourth-order valence-corrected chi connectivity index (χ4v) is 4.43. The van der Waals surface area contributed by atoms with Gasteiger partial charge in [-0.25, -0.2) is 4.98 Å². The first-order chi connectivity index (χ1) is 8.58. The van der Waals surface area contributed by atoms with E-state index in [1.807, 2.05) is 0 Å². The van der Waals surface area contributed by atoms with Crippen LogP contribution in [0.2, 0.25) is 0 Å². The molecular formula is C15H24N2S. The highest BCUT2D eigenvalue weighted by atomic mass is 32.1. The summed E-state index contributed by atoms with van der Waals surface area (Å²) < 4.78 is 0. The van der Waals surface area contributed by atoms with Crippen LogP contribution in [0, 0.1) is 11.8 Å². The summed E-state index contributed by atoms with van der Waals surface area (Å²) in [5, 5.41) is 3.39. The van der Waals surface area contributed by atoms with E-state index in [1.165, 1.54) is 42.8 Å². The zero-order chi connectivity index (χ0) is 12.8. The first-order valence-corrected chi connectivity index (χ1v) is 8.21. The van der Waals surface area contributed by atoms with Crippen molar-refractivity contribution in [3.05, 3.63) is 16.1 Å². The molecule has 1 heterocycles. The van der Waals surface area contributed by atoms with Crippen LogP contribution in [0.25, 0.3) is 0 Å². The highest BCUT2D eigenvalue weighted by Crippen LogP contribution is 2.49. The third-order valence-electron chi connectivity index (χ3n) is 4.65. The normalized spacial score (nSPS) is 33.0. The molecule has 18 heavy (non-hydrogen) atoms. The van der Waals surface area contributed by atoms with E-state index in [-0.39, 0.29) is 5.54 Å². The van der Waals surface area contributed by atoms with Gasteiger partial charge in [0.15, 0.2) is 0 Å². The molecule has 2 atom stereocenters. The Bertz CT molecular complexity index is 422. The summed E-state index contributed by atoms with van der Waals surface area (Å²) in [6, 6.07) is 0. The number of thiazole rings is 1. The number of hydrogen-bond acceptors (Lipinski definition) is 3. The summed E-state index contributed by atoms with van der Waals surface area (Å²) in [7, 11) is 0. The van der Waals surface area contributed by atoms with Crippen LogP contribution < -0.4 is 5.73 Å². The second kappa shape index (κ2) is 4.61. The van der Waals surface area contributed by atoms with E-state index in [0.717, 1.165) is 18.3 Å². The maximum atomic E-state index is 6.70. The van der Waals surface area contributed by atoms with E-state index in [9.17, 15) is 0 Å². The van der Waals surface area contributed by atoms with Gasteiger partial charge in [0.2, 0.25) is 0 Å². The Labute approximate surface area is 114 Å². The molecule has 3 heteroatoms. The summed E-state index contributed by atoms with van der Waals surface area (Å²) in [5.74, 6) is 2.37. The molecule has 100 valence electrons. The second-order valence-corrected chi connectivity index (χ2v) is 7.44. The molecule has 3 rings (SSSR count). The lowest BCUT2D eigenvalue weighted by molar-refractivity contribution is 0.206. The molecule has 1 aromatic heterocycles. The maximum Gasteiger partial charge on any atom is 0.113 e. The molecule has 2 N–H and O–H groups in total. The first-order valence-electron chi connectivity index (χ1n) is 7.33. The van der Waals surface area contributed by atoms with Crippen LogP contribution >= 0.6 is 11.3 Å². The minimum Gasteiger partial charge on any atom is -0.319 e. The van der Waals surface area contributed by atoms with Gasteiger partial charge in [0.25, 0.3) is 0 Å². The van der Waals surface area contributed by atoms with Crippen LogP contribution in [-0.4, -0.2) is 4.98 Å². The zero-order valence-corrected chi connectivity index (χ0v) is 12.3. The Hall–Kier alpha value is -0.410. The summed E-state index contributed by atoms with van der Waals surface area (Å²) in [6.07, 6.45) is 7.86. The smallest absolute Gasteiger partial charge is 0.113 e. The van der Waals surface area contributed by atoms with Gasteiger partial charge in [0, 0.05) is 5.38 Å². The fourth-order valence-electron chi connectivity index (χ4n) is 3.30. The van der Waals surface area contributed by atoms with Gasteiger partial charge in [-0.05, 0) is 43.4 Å². The van der Waals surface area contributed by atoms with Crippen LogP contribution in [0.4, 0.5) is 0 Å². The average molecular weight is 264 g/mol. The predicted molar refractivity (Wildman–Crippen MR) is 76.8 cm³/mol. The standard InChI is InChI=1S/C15H24N2S/c1-10(2)13-9-18-14(17-13)15(16)7-3-4-12(8-15)11-5-6-11/h9-12H,3-8,16H2,1-2H3. The number of nitrogens with zero attached hydrogens (tertiary/aromatic N) is 1. The van der Waals surface area contributed by atoms with Crippen LogP contribution in [0.1, 0.15) is 69.0 Å². The average Bonchev–Trinajstić information content (AvgIpc) is 3.05. The fraction of sp³-hybridized carbons (Fsp3) is 0.800. The molecule has 0 bridgehead atoms.